The molecule has 108 valence electrons. The summed E-state index contributed by atoms with van der Waals surface area (Å²) in [5, 5.41) is 11.7. The highest BCUT2D eigenvalue weighted by atomic mass is 19.1. The molecule has 0 amide bonds. The Morgan fingerprint density at radius 3 is 2.52 bits per heavy atom. The van der Waals surface area contributed by atoms with E-state index in [1.165, 1.54) is 12.1 Å². The molecule has 3 rings (SSSR count). The third-order valence-electron chi connectivity index (χ3n) is 3.73. The van der Waals surface area contributed by atoms with Gasteiger partial charge in [0.05, 0.1) is 0 Å². The number of aryl methyl sites for hydroxylation is 1. The molecule has 1 aromatic heterocycles. The second-order valence-electron chi connectivity index (χ2n) is 5.68. The molecule has 0 aliphatic carbocycles. The van der Waals surface area contributed by atoms with E-state index in [0.29, 0.717) is 12.2 Å². The van der Waals surface area contributed by atoms with Crippen LogP contribution >= 0.6 is 0 Å². The van der Waals surface area contributed by atoms with E-state index in [9.17, 15) is 9.50 Å². The Hall–Kier alpha value is -2.13. The average Bonchev–Trinajstić information content (AvgIpc) is 2.88. The summed E-state index contributed by atoms with van der Waals surface area (Å²) in [7, 11) is 0. The molecule has 1 N–H and O–H groups in total. The number of rotatable bonds is 3. The molecule has 0 aliphatic rings. The summed E-state index contributed by atoms with van der Waals surface area (Å²) in [6.07, 6.45) is 0.367. The summed E-state index contributed by atoms with van der Waals surface area (Å²) in [6, 6.07) is 13.9. The molecule has 21 heavy (non-hydrogen) atoms. The first kappa shape index (κ1) is 13.8. The van der Waals surface area contributed by atoms with Crippen LogP contribution < -0.4 is 0 Å². The van der Waals surface area contributed by atoms with Crippen molar-refractivity contribution in [2.45, 2.75) is 25.9 Å². The average molecular weight is 284 g/mol. The molecule has 0 saturated heterocycles. The molecular weight excluding hydrogens is 267 g/mol. The molecule has 0 aliphatic heterocycles. The van der Waals surface area contributed by atoms with Crippen molar-refractivity contribution >= 4 is 11.0 Å². The van der Waals surface area contributed by atoms with Crippen molar-refractivity contribution in [2.75, 3.05) is 0 Å². The molecule has 1 heterocycles. The number of benzene rings is 2. The Morgan fingerprint density at radius 2 is 1.86 bits per heavy atom. The van der Waals surface area contributed by atoms with Gasteiger partial charge in [-0.15, -0.1) is 0 Å². The fraction of sp³-hybridized carbons (Fsp3) is 0.222. The van der Waals surface area contributed by atoms with Gasteiger partial charge in [0.1, 0.15) is 22.8 Å². The van der Waals surface area contributed by atoms with Crippen molar-refractivity contribution in [3.05, 3.63) is 71.2 Å². The molecule has 0 fully saturated rings. The normalized spacial score (nSPS) is 14.3. The van der Waals surface area contributed by atoms with Crippen molar-refractivity contribution in [3.63, 3.8) is 0 Å². The zero-order chi connectivity index (χ0) is 15.0. The van der Waals surface area contributed by atoms with Gasteiger partial charge in [-0.25, -0.2) is 4.39 Å². The molecule has 0 spiro atoms. The predicted octanol–water partition coefficient (Wildman–Crippen LogP) is 4.33. The van der Waals surface area contributed by atoms with E-state index in [2.05, 4.69) is 0 Å². The van der Waals surface area contributed by atoms with Gasteiger partial charge < -0.3 is 9.52 Å². The van der Waals surface area contributed by atoms with Crippen LogP contribution in [0.15, 0.2) is 52.9 Å². The standard InChI is InChI=1S/C18H17FO2/c1-12-4-3-5-14-10-16(21-17(12)14)18(2,20)11-13-6-8-15(19)9-7-13/h3-10,20H,11H2,1-2H3. The minimum atomic E-state index is -1.14. The van der Waals surface area contributed by atoms with Gasteiger partial charge in [-0.3, -0.25) is 0 Å². The lowest BCUT2D eigenvalue weighted by molar-refractivity contribution is 0.0360. The third kappa shape index (κ3) is 2.69. The zero-order valence-corrected chi connectivity index (χ0v) is 12.1. The molecule has 2 aromatic carbocycles. The van der Waals surface area contributed by atoms with Crippen LogP contribution in [0.25, 0.3) is 11.0 Å². The second kappa shape index (κ2) is 5.01. The van der Waals surface area contributed by atoms with Gasteiger partial charge in [0, 0.05) is 11.8 Å². The maximum absolute atomic E-state index is 12.9. The minimum absolute atomic E-state index is 0.280. The number of halogens is 1. The van der Waals surface area contributed by atoms with E-state index in [0.717, 1.165) is 22.1 Å². The van der Waals surface area contributed by atoms with Gasteiger partial charge in [0.25, 0.3) is 0 Å². The molecule has 1 atom stereocenters. The Balaban J connectivity index is 1.95. The first-order chi connectivity index (χ1) is 9.95. The number of para-hydroxylation sites is 1. The summed E-state index contributed by atoms with van der Waals surface area (Å²) in [6.45, 7) is 3.69. The first-order valence-corrected chi connectivity index (χ1v) is 6.92. The summed E-state index contributed by atoms with van der Waals surface area (Å²) in [4.78, 5) is 0. The van der Waals surface area contributed by atoms with Crippen LogP contribution in [-0.4, -0.2) is 5.11 Å². The van der Waals surface area contributed by atoms with Crippen molar-refractivity contribution < 1.29 is 13.9 Å². The van der Waals surface area contributed by atoms with Crippen molar-refractivity contribution in [1.82, 2.24) is 0 Å². The largest absolute Gasteiger partial charge is 0.458 e. The molecule has 2 nitrogen and oxygen atoms in total. The van der Waals surface area contributed by atoms with Crippen LogP contribution in [0.3, 0.4) is 0 Å². The fourth-order valence-electron chi connectivity index (χ4n) is 2.56. The maximum atomic E-state index is 12.9. The van der Waals surface area contributed by atoms with Gasteiger partial charge in [-0.1, -0.05) is 30.3 Å². The van der Waals surface area contributed by atoms with E-state index in [1.54, 1.807) is 19.1 Å². The third-order valence-corrected chi connectivity index (χ3v) is 3.73. The number of fused-ring (bicyclic) bond motifs is 1. The van der Waals surface area contributed by atoms with Crippen LogP contribution in [0.2, 0.25) is 0 Å². The van der Waals surface area contributed by atoms with Gasteiger partial charge >= 0.3 is 0 Å². The lowest BCUT2D eigenvalue weighted by Gasteiger charge is -2.20. The van der Waals surface area contributed by atoms with E-state index in [4.69, 9.17) is 4.42 Å². The van der Waals surface area contributed by atoms with Gasteiger partial charge in [0.15, 0.2) is 0 Å². The van der Waals surface area contributed by atoms with Gasteiger partial charge in [0.2, 0.25) is 0 Å². The predicted molar refractivity (Wildman–Crippen MR) is 80.6 cm³/mol. The molecule has 3 aromatic rings. The monoisotopic (exact) mass is 284 g/mol. The SMILES string of the molecule is Cc1cccc2cc(C(C)(O)Cc3ccc(F)cc3)oc12. The summed E-state index contributed by atoms with van der Waals surface area (Å²) in [5.74, 6) is 0.244. The number of aliphatic hydroxyl groups is 1. The molecule has 0 bridgehead atoms. The lowest BCUT2D eigenvalue weighted by atomic mass is 9.94. The van der Waals surface area contributed by atoms with Gasteiger partial charge in [-0.05, 0) is 43.2 Å². The molecular formula is C18H17FO2. The Kier molecular flexibility index (Phi) is 3.30. The Morgan fingerprint density at radius 1 is 1.14 bits per heavy atom. The van der Waals surface area contributed by atoms with E-state index in [1.807, 2.05) is 31.2 Å². The van der Waals surface area contributed by atoms with E-state index in [-0.39, 0.29) is 5.82 Å². The second-order valence-corrected chi connectivity index (χ2v) is 5.68. The Bertz CT molecular complexity index is 770. The highest BCUT2D eigenvalue weighted by Crippen LogP contribution is 2.32. The van der Waals surface area contributed by atoms with Crippen molar-refractivity contribution in [2.24, 2.45) is 0 Å². The zero-order valence-electron chi connectivity index (χ0n) is 12.1. The number of hydrogen-bond acceptors (Lipinski definition) is 2. The minimum Gasteiger partial charge on any atom is -0.458 e. The number of furan rings is 1. The fourth-order valence-corrected chi connectivity index (χ4v) is 2.56. The van der Waals surface area contributed by atoms with Crippen LogP contribution in [0.1, 0.15) is 23.8 Å². The Labute approximate surface area is 122 Å². The van der Waals surface area contributed by atoms with Crippen molar-refractivity contribution in [3.8, 4) is 0 Å². The van der Waals surface area contributed by atoms with Crippen LogP contribution in [0.4, 0.5) is 4.39 Å². The van der Waals surface area contributed by atoms with Crippen molar-refractivity contribution in [1.29, 1.82) is 0 Å². The van der Waals surface area contributed by atoms with Gasteiger partial charge in [-0.2, -0.15) is 0 Å². The topological polar surface area (TPSA) is 33.4 Å². The quantitative estimate of drug-likeness (QED) is 0.776. The lowest BCUT2D eigenvalue weighted by Crippen LogP contribution is -2.23. The summed E-state index contributed by atoms with van der Waals surface area (Å²) in [5.41, 5.74) is 1.56. The molecule has 3 heteroatoms. The highest BCUT2D eigenvalue weighted by molar-refractivity contribution is 5.81. The van der Waals surface area contributed by atoms with Crippen LogP contribution in [0, 0.1) is 12.7 Å². The smallest absolute Gasteiger partial charge is 0.137 e. The van der Waals surface area contributed by atoms with E-state index >= 15 is 0 Å². The molecule has 0 saturated carbocycles. The highest BCUT2D eigenvalue weighted by Gasteiger charge is 2.28. The summed E-state index contributed by atoms with van der Waals surface area (Å²) < 4.78 is 18.8. The van der Waals surface area contributed by atoms with Crippen LogP contribution in [0.5, 0.6) is 0 Å². The van der Waals surface area contributed by atoms with E-state index < -0.39 is 5.60 Å². The molecule has 0 radical (unpaired) electrons. The van der Waals surface area contributed by atoms with Crippen LogP contribution in [-0.2, 0) is 12.0 Å². The number of hydrogen-bond donors (Lipinski definition) is 1. The maximum Gasteiger partial charge on any atom is 0.137 e. The summed E-state index contributed by atoms with van der Waals surface area (Å²) >= 11 is 0. The first-order valence-electron chi connectivity index (χ1n) is 6.92. The molecule has 1 unspecified atom stereocenters.